The van der Waals surface area contributed by atoms with E-state index in [9.17, 15) is 14.4 Å². The predicted molar refractivity (Wildman–Crippen MR) is 101 cm³/mol. The van der Waals surface area contributed by atoms with Crippen LogP contribution in [0.3, 0.4) is 0 Å². The fourth-order valence-electron chi connectivity index (χ4n) is 2.66. The Morgan fingerprint density at radius 1 is 1.15 bits per heavy atom. The average Bonchev–Trinajstić information content (AvgIpc) is 2.99. The van der Waals surface area contributed by atoms with Gasteiger partial charge in [0.25, 0.3) is 5.91 Å². The van der Waals surface area contributed by atoms with Crippen LogP contribution in [-0.4, -0.2) is 36.0 Å². The summed E-state index contributed by atoms with van der Waals surface area (Å²) < 4.78 is 4.73. The van der Waals surface area contributed by atoms with Crippen LogP contribution in [0.5, 0.6) is 0 Å². The molecule has 138 valence electrons. The molecule has 3 rings (SSSR count). The van der Waals surface area contributed by atoms with E-state index >= 15 is 0 Å². The van der Waals surface area contributed by atoms with Gasteiger partial charge >= 0.3 is 6.09 Å². The molecule has 1 N–H and O–H groups in total. The highest BCUT2D eigenvalue weighted by molar-refractivity contribution is 6.32. The molecule has 0 radical (unpaired) electrons. The van der Waals surface area contributed by atoms with Crippen LogP contribution >= 0.6 is 11.6 Å². The van der Waals surface area contributed by atoms with Gasteiger partial charge in [-0.25, -0.2) is 9.69 Å². The average molecular weight is 385 g/mol. The molecule has 0 aliphatic carbocycles. The van der Waals surface area contributed by atoms with Crippen molar-refractivity contribution in [1.82, 2.24) is 10.2 Å². The summed E-state index contributed by atoms with van der Waals surface area (Å²) in [5, 5.41) is 3.35. The number of ether oxygens (including phenoxy) is 1. The first-order valence-electron chi connectivity index (χ1n) is 8.30. The van der Waals surface area contributed by atoms with Crippen molar-refractivity contribution in [2.75, 3.05) is 13.2 Å². The van der Waals surface area contributed by atoms with E-state index in [1.54, 1.807) is 24.3 Å². The van der Waals surface area contributed by atoms with Gasteiger partial charge in [0.2, 0.25) is 5.91 Å². The Kier molecular flexibility index (Phi) is 5.88. The van der Waals surface area contributed by atoms with Gasteiger partial charge in [-0.15, -0.1) is 0 Å². The number of amides is 3. The van der Waals surface area contributed by atoms with Crippen LogP contribution in [0, 0.1) is 0 Å². The molecule has 1 aliphatic heterocycles. The number of imide groups is 1. The van der Waals surface area contributed by atoms with Crippen LogP contribution in [0.25, 0.3) is 6.08 Å². The maximum Gasteiger partial charge on any atom is 0.417 e. The van der Waals surface area contributed by atoms with Gasteiger partial charge < -0.3 is 10.1 Å². The van der Waals surface area contributed by atoms with Gasteiger partial charge in [-0.2, -0.15) is 0 Å². The molecule has 27 heavy (non-hydrogen) atoms. The molecule has 2 aromatic rings. The molecule has 1 atom stereocenters. The minimum absolute atomic E-state index is 0.00659. The summed E-state index contributed by atoms with van der Waals surface area (Å²) in [4.78, 5) is 36.9. The van der Waals surface area contributed by atoms with Crippen molar-refractivity contribution in [3.63, 3.8) is 0 Å². The summed E-state index contributed by atoms with van der Waals surface area (Å²) in [6, 6.07) is 15.7. The summed E-state index contributed by atoms with van der Waals surface area (Å²) in [6.07, 6.45) is 2.26. The second-order valence-corrected chi connectivity index (χ2v) is 6.29. The zero-order valence-corrected chi connectivity index (χ0v) is 15.1. The van der Waals surface area contributed by atoms with Gasteiger partial charge in [0, 0.05) is 11.1 Å². The summed E-state index contributed by atoms with van der Waals surface area (Å²) in [7, 11) is 0. The van der Waals surface area contributed by atoms with Crippen molar-refractivity contribution in [3.05, 3.63) is 76.8 Å². The standard InChI is InChI=1S/C20H17ClN2O4/c21-16-9-5-4-6-14(16)10-11-18(24)22-17(15-7-2-1-3-8-15)12-23-19(25)13-27-20(23)26/h1-11,17H,12-13H2,(H,22,24)/b11-10+. The number of carbonyl (C=O) groups excluding carboxylic acids is 3. The number of hydrogen-bond acceptors (Lipinski definition) is 4. The van der Waals surface area contributed by atoms with Crippen molar-refractivity contribution in [2.24, 2.45) is 0 Å². The Hall–Kier alpha value is -3.12. The second kappa shape index (κ2) is 8.51. The summed E-state index contributed by atoms with van der Waals surface area (Å²) in [6.45, 7) is -0.284. The summed E-state index contributed by atoms with van der Waals surface area (Å²) >= 11 is 6.08. The number of carbonyl (C=O) groups is 3. The van der Waals surface area contributed by atoms with Crippen molar-refractivity contribution in [2.45, 2.75) is 6.04 Å². The molecular formula is C20H17ClN2O4. The van der Waals surface area contributed by atoms with Crippen molar-refractivity contribution >= 4 is 35.6 Å². The third kappa shape index (κ3) is 4.74. The lowest BCUT2D eigenvalue weighted by Crippen LogP contribution is -2.40. The Morgan fingerprint density at radius 2 is 1.85 bits per heavy atom. The van der Waals surface area contributed by atoms with E-state index in [0.717, 1.165) is 10.5 Å². The zero-order valence-electron chi connectivity index (χ0n) is 14.3. The molecular weight excluding hydrogens is 368 g/mol. The number of rotatable bonds is 6. The van der Waals surface area contributed by atoms with E-state index in [-0.39, 0.29) is 19.1 Å². The molecule has 3 amide bonds. The van der Waals surface area contributed by atoms with Crippen molar-refractivity contribution < 1.29 is 19.1 Å². The van der Waals surface area contributed by atoms with Gasteiger partial charge in [-0.05, 0) is 23.3 Å². The Labute approximate surface area is 161 Å². The van der Waals surface area contributed by atoms with Gasteiger partial charge in [0.15, 0.2) is 6.61 Å². The van der Waals surface area contributed by atoms with Gasteiger partial charge in [-0.3, -0.25) is 9.59 Å². The summed E-state index contributed by atoms with van der Waals surface area (Å²) in [5.41, 5.74) is 1.48. The zero-order chi connectivity index (χ0) is 19.2. The molecule has 7 heteroatoms. The maximum absolute atomic E-state index is 12.4. The maximum atomic E-state index is 12.4. The lowest BCUT2D eigenvalue weighted by molar-refractivity contribution is -0.126. The molecule has 1 fully saturated rings. The second-order valence-electron chi connectivity index (χ2n) is 5.89. The topological polar surface area (TPSA) is 75.7 Å². The first kappa shape index (κ1) is 18.7. The molecule has 0 spiro atoms. The summed E-state index contributed by atoms with van der Waals surface area (Å²) in [5.74, 6) is -0.800. The Bertz CT molecular complexity index is 867. The lowest BCUT2D eigenvalue weighted by atomic mass is 10.1. The number of nitrogens with one attached hydrogen (secondary N) is 1. The number of hydrogen-bond donors (Lipinski definition) is 1. The van der Waals surface area contributed by atoms with E-state index in [2.05, 4.69) is 5.32 Å². The highest BCUT2D eigenvalue weighted by atomic mass is 35.5. The smallest absolute Gasteiger partial charge is 0.417 e. The molecule has 0 bridgehead atoms. The molecule has 1 saturated heterocycles. The van der Waals surface area contributed by atoms with Gasteiger partial charge in [0.1, 0.15) is 0 Å². The number of nitrogens with zero attached hydrogens (tertiary/aromatic N) is 1. The van der Waals surface area contributed by atoms with Crippen molar-refractivity contribution in [3.8, 4) is 0 Å². The minimum atomic E-state index is -0.707. The number of halogens is 1. The highest BCUT2D eigenvalue weighted by Crippen LogP contribution is 2.18. The van der Waals surface area contributed by atoms with Crippen molar-refractivity contribution in [1.29, 1.82) is 0 Å². The Balaban J connectivity index is 1.75. The quantitative estimate of drug-likeness (QED) is 0.776. The van der Waals surface area contributed by atoms with Crippen LogP contribution in [-0.2, 0) is 14.3 Å². The fraction of sp³-hybridized carbons (Fsp3) is 0.150. The van der Waals surface area contributed by atoms with E-state index in [4.69, 9.17) is 16.3 Å². The SMILES string of the molecule is O=C(/C=C/c1ccccc1Cl)NC(CN1C(=O)COC1=O)c1ccccc1. The predicted octanol–water partition coefficient (Wildman–Crippen LogP) is 3.19. The highest BCUT2D eigenvalue weighted by Gasteiger charge is 2.33. The van der Waals surface area contributed by atoms with Crippen LogP contribution in [0.4, 0.5) is 4.79 Å². The largest absolute Gasteiger partial charge is 0.439 e. The first-order valence-corrected chi connectivity index (χ1v) is 8.67. The molecule has 0 aromatic heterocycles. The third-order valence-electron chi connectivity index (χ3n) is 4.04. The minimum Gasteiger partial charge on any atom is -0.439 e. The number of cyclic esters (lactones) is 1. The fourth-order valence-corrected chi connectivity index (χ4v) is 2.85. The van der Waals surface area contributed by atoms with Crippen LogP contribution in [0.2, 0.25) is 5.02 Å². The van der Waals surface area contributed by atoms with E-state index in [1.807, 2.05) is 36.4 Å². The van der Waals surface area contributed by atoms with Gasteiger partial charge in [0.05, 0.1) is 12.6 Å². The first-order chi connectivity index (χ1) is 13.0. The van der Waals surface area contributed by atoms with Crippen LogP contribution in [0.15, 0.2) is 60.7 Å². The normalized spacial score (nSPS) is 15.1. The van der Waals surface area contributed by atoms with E-state index in [1.165, 1.54) is 6.08 Å². The third-order valence-corrected chi connectivity index (χ3v) is 4.39. The van der Waals surface area contributed by atoms with Gasteiger partial charge in [-0.1, -0.05) is 60.1 Å². The molecule has 1 heterocycles. The monoisotopic (exact) mass is 384 g/mol. The van der Waals surface area contributed by atoms with E-state index < -0.39 is 18.0 Å². The molecule has 2 aromatic carbocycles. The lowest BCUT2D eigenvalue weighted by Gasteiger charge is -2.22. The van der Waals surface area contributed by atoms with E-state index in [0.29, 0.717) is 10.6 Å². The molecule has 1 unspecified atom stereocenters. The molecule has 6 nitrogen and oxygen atoms in total. The van der Waals surface area contributed by atoms with Crippen LogP contribution < -0.4 is 5.32 Å². The Morgan fingerprint density at radius 3 is 2.52 bits per heavy atom. The van der Waals surface area contributed by atoms with Crippen LogP contribution in [0.1, 0.15) is 17.2 Å². The molecule has 1 aliphatic rings. The number of benzene rings is 2. The molecule has 0 saturated carbocycles.